The molecule has 1 saturated heterocycles. The highest BCUT2D eigenvalue weighted by Crippen LogP contribution is 2.12. The first kappa shape index (κ1) is 11.0. The quantitative estimate of drug-likeness (QED) is 0.883. The summed E-state index contributed by atoms with van der Waals surface area (Å²) in [5, 5.41) is 7.57. The summed E-state index contributed by atoms with van der Waals surface area (Å²) in [6.07, 6.45) is 5.14. The second kappa shape index (κ2) is 4.98. The fourth-order valence-corrected chi connectivity index (χ4v) is 1.90. The highest BCUT2D eigenvalue weighted by Gasteiger charge is 2.14. The van der Waals surface area contributed by atoms with Gasteiger partial charge in [0.25, 0.3) is 0 Å². The van der Waals surface area contributed by atoms with Crippen molar-refractivity contribution in [3.05, 3.63) is 16.9 Å². The standard InChI is InChI=1S/C8H12BrN3.ClH/c9-8-4-11-12(6-8)5-7-1-2-10-3-7;/h4,6-7,10H,1-3,5H2;1H/t7-;/m0./s1. The topological polar surface area (TPSA) is 29.9 Å². The van der Waals surface area contributed by atoms with Gasteiger partial charge in [-0.1, -0.05) is 0 Å². The maximum atomic E-state index is 4.22. The molecule has 0 spiro atoms. The minimum absolute atomic E-state index is 0. The zero-order valence-corrected chi connectivity index (χ0v) is 9.64. The Kier molecular flexibility index (Phi) is 4.22. The van der Waals surface area contributed by atoms with Gasteiger partial charge in [0, 0.05) is 12.7 Å². The van der Waals surface area contributed by atoms with Crippen molar-refractivity contribution >= 4 is 28.3 Å². The number of hydrogen-bond donors (Lipinski definition) is 1. The molecule has 1 aromatic heterocycles. The van der Waals surface area contributed by atoms with Gasteiger partial charge >= 0.3 is 0 Å². The first-order chi connectivity index (χ1) is 5.84. The molecule has 5 heteroatoms. The molecule has 1 aliphatic heterocycles. The van der Waals surface area contributed by atoms with Crippen LogP contribution in [0, 0.1) is 5.92 Å². The summed E-state index contributed by atoms with van der Waals surface area (Å²) in [5.74, 6) is 0.761. The van der Waals surface area contributed by atoms with Crippen LogP contribution in [0.5, 0.6) is 0 Å². The number of nitrogens with one attached hydrogen (secondary N) is 1. The number of rotatable bonds is 2. The molecule has 0 aromatic carbocycles. The summed E-state index contributed by atoms with van der Waals surface area (Å²) in [5.41, 5.74) is 0. The average molecular weight is 267 g/mol. The number of aromatic nitrogens is 2. The van der Waals surface area contributed by atoms with E-state index in [9.17, 15) is 0 Å². The van der Waals surface area contributed by atoms with Gasteiger partial charge in [-0.15, -0.1) is 12.4 Å². The summed E-state index contributed by atoms with van der Waals surface area (Å²) in [4.78, 5) is 0. The molecule has 3 nitrogen and oxygen atoms in total. The van der Waals surface area contributed by atoms with E-state index in [0.29, 0.717) is 0 Å². The Morgan fingerprint density at radius 3 is 3.08 bits per heavy atom. The number of halogens is 2. The van der Waals surface area contributed by atoms with Crippen molar-refractivity contribution in [2.75, 3.05) is 13.1 Å². The zero-order chi connectivity index (χ0) is 8.39. The van der Waals surface area contributed by atoms with Crippen molar-refractivity contribution in [3.8, 4) is 0 Å². The molecule has 0 radical (unpaired) electrons. The van der Waals surface area contributed by atoms with E-state index in [2.05, 4.69) is 26.3 Å². The van der Waals surface area contributed by atoms with E-state index in [1.165, 1.54) is 6.42 Å². The Morgan fingerprint density at radius 1 is 1.69 bits per heavy atom. The lowest BCUT2D eigenvalue weighted by Gasteiger charge is -2.06. The van der Waals surface area contributed by atoms with Crippen LogP contribution in [0.3, 0.4) is 0 Å². The van der Waals surface area contributed by atoms with E-state index >= 15 is 0 Å². The van der Waals surface area contributed by atoms with Crippen molar-refractivity contribution < 1.29 is 0 Å². The third-order valence-corrected chi connectivity index (χ3v) is 2.62. The molecule has 1 N–H and O–H groups in total. The zero-order valence-electron chi connectivity index (χ0n) is 7.24. The largest absolute Gasteiger partial charge is 0.316 e. The molecular formula is C8H13BrClN3. The van der Waals surface area contributed by atoms with Crippen molar-refractivity contribution in [1.82, 2.24) is 15.1 Å². The molecule has 1 aromatic rings. The van der Waals surface area contributed by atoms with Gasteiger partial charge in [0.15, 0.2) is 0 Å². The molecule has 0 unspecified atom stereocenters. The smallest absolute Gasteiger partial charge is 0.0632 e. The number of nitrogens with zero attached hydrogens (tertiary/aromatic N) is 2. The molecule has 0 saturated carbocycles. The average Bonchev–Trinajstić information content (AvgIpc) is 2.63. The van der Waals surface area contributed by atoms with Gasteiger partial charge in [-0.05, 0) is 41.4 Å². The molecule has 2 heterocycles. The predicted molar refractivity (Wildman–Crippen MR) is 58.2 cm³/mol. The molecule has 0 amide bonds. The van der Waals surface area contributed by atoms with E-state index in [4.69, 9.17) is 0 Å². The van der Waals surface area contributed by atoms with Crippen LogP contribution in [0.15, 0.2) is 16.9 Å². The van der Waals surface area contributed by atoms with Crippen molar-refractivity contribution in [1.29, 1.82) is 0 Å². The van der Waals surface area contributed by atoms with Gasteiger partial charge in [-0.3, -0.25) is 4.68 Å². The fraction of sp³-hybridized carbons (Fsp3) is 0.625. The fourth-order valence-electron chi connectivity index (χ4n) is 1.57. The summed E-state index contributed by atoms with van der Waals surface area (Å²) in [7, 11) is 0. The second-order valence-corrected chi connectivity index (χ2v) is 4.16. The van der Waals surface area contributed by atoms with Crippen LogP contribution < -0.4 is 5.32 Å². The molecular weight excluding hydrogens is 253 g/mol. The van der Waals surface area contributed by atoms with E-state index in [1.54, 1.807) is 0 Å². The minimum Gasteiger partial charge on any atom is -0.316 e. The molecule has 13 heavy (non-hydrogen) atoms. The lowest BCUT2D eigenvalue weighted by molar-refractivity contribution is 0.449. The Bertz CT molecular complexity index is 258. The van der Waals surface area contributed by atoms with E-state index in [1.807, 2.05) is 17.1 Å². The van der Waals surface area contributed by atoms with Gasteiger partial charge in [0.05, 0.1) is 10.7 Å². The summed E-state index contributed by atoms with van der Waals surface area (Å²) >= 11 is 3.38. The summed E-state index contributed by atoms with van der Waals surface area (Å²) in [6, 6.07) is 0. The van der Waals surface area contributed by atoms with Crippen molar-refractivity contribution in [3.63, 3.8) is 0 Å². The molecule has 74 valence electrons. The van der Waals surface area contributed by atoms with Crippen LogP contribution in [0.25, 0.3) is 0 Å². The normalized spacial score (nSPS) is 21.5. The van der Waals surface area contributed by atoms with Crippen LogP contribution in [0.2, 0.25) is 0 Å². The predicted octanol–water partition coefficient (Wildman–Crippen LogP) is 1.68. The third kappa shape index (κ3) is 2.97. The lowest BCUT2D eigenvalue weighted by atomic mass is 10.1. The molecule has 1 atom stereocenters. The van der Waals surface area contributed by atoms with Gasteiger partial charge in [0.2, 0.25) is 0 Å². The van der Waals surface area contributed by atoms with Crippen LogP contribution in [-0.2, 0) is 6.54 Å². The Hall–Kier alpha value is -0.0600. The monoisotopic (exact) mass is 265 g/mol. The van der Waals surface area contributed by atoms with Crippen LogP contribution >= 0.6 is 28.3 Å². The maximum absolute atomic E-state index is 4.22. The van der Waals surface area contributed by atoms with Crippen LogP contribution in [0.1, 0.15) is 6.42 Å². The minimum atomic E-state index is 0. The molecule has 0 aliphatic carbocycles. The van der Waals surface area contributed by atoms with E-state index in [-0.39, 0.29) is 12.4 Å². The number of hydrogen-bond acceptors (Lipinski definition) is 2. The van der Waals surface area contributed by atoms with Crippen molar-refractivity contribution in [2.45, 2.75) is 13.0 Å². The SMILES string of the molecule is Brc1cnn(C[C@H]2CCNC2)c1.Cl. The molecule has 1 fully saturated rings. The Labute approximate surface area is 92.4 Å². The first-order valence-electron chi connectivity index (χ1n) is 4.23. The van der Waals surface area contributed by atoms with Gasteiger partial charge < -0.3 is 5.32 Å². The maximum Gasteiger partial charge on any atom is 0.0632 e. The molecule has 1 aliphatic rings. The van der Waals surface area contributed by atoms with Gasteiger partial charge in [0.1, 0.15) is 0 Å². The van der Waals surface area contributed by atoms with Crippen molar-refractivity contribution in [2.24, 2.45) is 5.92 Å². The summed E-state index contributed by atoms with van der Waals surface area (Å²) in [6.45, 7) is 3.34. The molecule has 0 bridgehead atoms. The van der Waals surface area contributed by atoms with Crippen LogP contribution in [0.4, 0.5) is 0 Å². The van der Waals surface area contributed by atoms with E-state index < -0.39 is 0 Å². The third-order valence-electron chi connectivity index (χ3n) is 2.21. The lowest BCUT2D eigenvalue weighted by Crippen LogP contribution is -2.14. The van der Waals surface area contributed by atoms with Crippen LogP contribution in [-0.4, -0.2) is 22.9 Å². The first-order valence-corrected chi connectivity index (χ1v) is 5.02. The second-order valence-electron chi connectivity index (χ2n) is 3.24. The Balaban J connectivity index is 0.000000845. The highest BCUT2D eigenvalue weighted by atomic mass is 79.9. The Morgan fingerprint density at radius 2 is 2.54 bits per heavy atom. The van der Waals surface area contributed by atoms with Gasteiger partial charge in [-0.2, -0.15) is 5.10 Å². The summed E-state index contributed by atoms with van der Waals surface area (Å²) < 4.78 is 3.07. The van der Waals surface area contributed by atoms with Gasteiger partial charge in [-0.25, -0.2) is 0 Å². The highest BCUT2D eigenvalue weighted by molar-refractivity contribution is 9.10. The van der Waals surface area contributed by atoms with E-state index in [0.717, 1.165) is 30.0 Å². The molecule has 2 rings (SSSR count).